The van der Waals surface area contributed by atoms with E-state index in [9.17, 15) is 24.4 Å². The van der Waals surface area contributed by atoms with E-state index in [0.29, 0.717) is 36.4 Å². The van der Waals surface area contributed by atoms with Crippen LogP contribution in [0.5, 0.6) is 5.75 Å². The molecule has 0 spiro atoms. The molecular formula is C32H39N5O5. The van der Waals surface area contributed by atoms with E-state index in [1.165, 1.54) is 6.42 Å². The third-order valence-corrected chi connectivity index (χ3v) is 10.7. The third-order valence-electron chi connectivity index (χ3n) is 10.7. The second kappa shape index (κ2) is 10.7. The summed E-state index contributed by atoms with van der Waals surface area (Å²) < 4.78 is 6.60. The fourth-order valence-corrected chi connectivity index (χ4v) is 7.92. The molecule has 0 radical (unpaired) electrons. The number of amides is 4. The Morgan fingerprint density at radius 2 is 1.76 bits per heavy atom. The topological polar surface area (TPSA) is 123 Å². The van der Waals surface area contributed by atoms with E-state index in [-0.39, 0.29) is 30.2 Å². The number of likely N-dealkylation sites (tertiary alicyclic amines) is 2. The van der Waals surface area contributed by atoms with E-state index in [2.05, 4.69) is 16.3 Å². The summed E-state index contributed by atoms with van der Waals surface area (Å²) in [5, 5.41) is 11.7. The molecule has 42 heavy (non-hydrogen) atoms. The molecular weight excluding hydrogens is 534 g/mol. The minimum atomic E-state index is -0.711. The largest absolute Gasteiger partial charge is 0.489 e. The molecule has 2 aliphatic carbocycles. The first-order valence-corrected chi connectivity index (χ1v) is 15.7. The van der Waals surface area contributed by atoms with Gasteiger partial charge in [0.2, 0.25) is 17.7 Å². The fraction of sp³-hybridized carbons (Fsp3) is 0.656. The van der Waals surface area contributed by atoms with Crippen molar-refractivity contribution in [2.24, 2.45) is 17.3 Å². The molecule has 0 bridgehead atoms. The molecule has 10 nitrogen and oxygen atoms in total. The predicted molar refractivity (Wildman–Crippen MR) is 151 cm³/mol. The molecule has 1 unspecified atom stereocenters. The van der Waals surface area contributed by atoms with Crippen LogP contribution in [0.25, 0.3) is 0 Å². The van der Waals surface area contributed by atoms with E-state index in [4.69, 9.17) is 4.74 Å². The van der Waals surface area contributed by atoms with Crippen LogP contribution in [0, 0.1) is 28.6 Å². The van der Waals surface area contributed by atoms with Gasteiger partial charge in [-0.1, -0.05) is 6.42 Å². The molecule has 1 aromatic carbocycles. The summed E-state index contributed by atoms with van der Waals surface area (Å²) in [7, 11) is 0. The monoisotopic (exact) mass is 573 g/mol. The van der Waals surface area contributed by atoms with Crippen molar-refractivity contribution in [3.63, 3.8) is 0 Å². The summed E-state index contributed by atoms with van der Waals surface area (Å²) in [6.07, 6.45) is 8.65. The van der Waals surface area contributed by atoms with Gasteiger partial charge in [0.25, 0.3) is 5.91 Å². The lowest BCUT2D eigenvalue weighted by Crippen LogP contribution is -2.60. The number of carbonyl (C=O) groups is 4. The second-order valence-corrected chi connectivity index (χ2v) is 13.3. The van der Waals surface area contributed by atoms with Gasteiger partial charge in [0, 0.05) is 50.7 Å². The van der Waals surface area contributed by atoms with Crippen molar-refractivity contribution in [1.82, 2.24) is 20.0 Å². The van der Waals surface area contributed by atoms with Crippen LogP contribution in [-0.2, 0) is 20.9 Å². The highest BCUT2D eigenvalue weighted by Gasteiger charge is 2.53. The quantitative estimate of drug-likeness (QED) is 0.519. The van der Waals surface area contributed by atoms with Crippen molar-refractivity contribution in [2.45, 2.75) is 88.9 Å². The summed E-state index contributed by atoms with van der Waals surface area (Å²) >= 11 is 0. The van der Waals surface area contributed by atoms with Crippen molar-refractivity contribution in [1.29, 1.82) is 5.26 Å². The van der Waals surface area contributed by atoms with Gasteiger partial charge in [-0.2, -0.15) is 5.26 Å². The predicted octanol–water partition coefficient (Wildman–Crippen LogP) is 2.61. The highest BCUT2D eigenvalue weighted by Crippen LogP contribution is 2.47. The number of imide groups is 1. The van der Waals surface area contributed by atoms with Crippen molar-refractivity contribution in [3.05, 3.63) is 29.3 Å². The fourth-order valence-electron chi connectivity index (χ4n) is 7.92. The summed E-state index contributed by atoms with van der Waals surface area (Å²) in [4.78, 5) is 55.9. The number of nitrogens with one attached hydrogen (secondary N) is 1. The Morgan fingerprint density at radius 3 is 2.48 bits per heavy atom. The molecule has 4 aliphatic heterocycles. The Balaban J connectivity index is 0.935. The van der Waals surface area contributed by atoms with E-state index in [0.717, 1.165) is 82.4 Å². The maximum absolute atomic E-state index is 13.1. The number of carbonyl (C=O) groups excluding carboxylic acids is 4. The highest BCUT2D eigenvalue weighted by atomic mass is 16.5. The molecule has 10 heteroatoms. The molecule has 7 rings (SSSR count). The first-order valence-electron chi connectivity index (χ1n) is 15.7. The molecule has 6 aliphatic rings. The first-order chi connectivity index (χ1) is 20.3. The Labute approximate surface area is 246 Å². The number of rotatable bonds is 6. The maximum Gasteiger partial charge on any atom is 0.255 e. The molecule has 5 fully saturated rings. The number of hydrogen-bond donors (Lipinski definition) is 1. The molecule has 4 heterocycles. The zero-order chi connectivity index (χ0) is 29.0. The summed E-state index contributed by atoms with van der Waals surface area (Å²) in [6, 6.07) is 7.65. The third kappa shape index (κ3) is 4.85. The number of hydrogen-bond acceptors (Lipinski definition) is 7. The van der Waals surface area contributed by atoms with Gasteiger partial charge in [0.15, 0.2) is 0 Å². The SMILES string of the molecule is N#CC1(C(=O)N2CCC(C3CN([C@H]4CCCC[C@H]4Oc4ccc5c(c4)CN(C4CCC(=O)NC4=O)C5=O)C3)CC2)CC1. The van der Waals surface area contributed by atoms with Crippen LogP contribution in [-0.4, -0.2) is 82.7 Å². The minimum Gasteiger partial charge on any atom is -0.489 e. The van der Waals surface area contributed by atoms with Crippen molar-refractivity contribution < 1.29 is 23.9 Å². The van der Waals surface area contributed by atoms with Crippen LogP contribution >= 0.6 is 0 Å². The zero-order valence-corrected chi connectivity index (χ0v) is 24.1. The first kappa shape index (κ1) is 27.4. The molecule has 222 valence electrons. The van der Waals surface area contributed by atoms with Crippen LogP contribution in [0.4, 0.5) is 0 Å². The van der Waals surface area contributed by atoms with Crippen molar-refractivity contribution in [3.8, 4) is 11.8 Å². The van der Waals surface area contributed by atoms with Gasteiger partial charge in [-0.25, -0.2) is 0 Å². The summed E-state index contributed by atoms with van der Waals surface area (Å²) in [5.74, 6) is 1.26. The van der Waals surface area contributed by atoms with E-state index < -0.39 is 17.4 Å². The Kier molecular flexibility index (Phi) is 6.96. The second-order valence-electron chi connectivity index (χ2n) is 13.3. The van der Waals surface area contributed by atoms with Crippen LogP contribution in [0.1, 0.15) is 80.1 Å². The number of nitrogens with zero attached hydrogens (tertiary/aromatic N) is 4. The van der Waals surface area contributed by atoms with Crippen molar-refractivity contribution >= 4 is 23.6 Å². The lowest BCUT2D eigenvalue weighted by atomic mass is 9.77. The van der Waals surface area contributed by atoms with Gasteiger partial charge >= 0.3 is 0 Å². The molecule has 3 atom stereocenters. The van der Waals surface area contributed by atoms with Crippen LogP contribution < -0.4 is 10.1 Å². The average molecular weight is 574 g/mol. The lowest BCUT2D eigenvalue weighted by Gasteiger charge is -2.51. The van der Waals surface area contributed by atoms with Crippen LogP contribution in [0.3, 0.4) is 0 Å². The van der Waals surface area contributed by atoms with Gasteiger partial charge in [0.05, 0.1) is 6.07 Å². The number of nitriles is 1. The molecule has 2 saturated carbocycles. The molecule has 1 N–H and O–H groups in total. The molecule has 4 amide bonds. The smallest absolute Gasteiger partial charge is 0.255 e. The lowest BCUT2D eigenvalue weighted by molar-refractivity contribution is -0.138. The maximum atomic E-state index is 13.1. The Hall–Kier alpha value is -3.45. The number of piperidine rings is 2. The van der Waals surface area contributed by atoms with Gasteiger partial charge in [-0.3, -0.25) is 29.4 Å². The van der Waals surface area contributed by atoms with Crippen molar-refractivity contribution in [2.75, 3.05) is 26.2 Å². The summed E-state index contributed by atoms with van der Waals surface area (Å²) in [6.45, 7) is 4.05. The van der Waals surface area contributed by atoms with E-state index in [1.807, 2.05) is 23.1 Å². The summed E-state index contributed by atoms with van der Waals surface area (Å²) in [5.41, 5.74) is 0.758. The minimum absolute atomic E-state index is 0.0560. The molecule has 0 aromatic heterocycles. The number of ether oxygens (including phenoxy) is 1. The Morgan fingerprint density at radius 1 is 1.00 bits per heavy atom. The average Bonchev–Trinajstić information content (AvgIpc) is 3.71. The standard InChI is InChI=1S/C32H39N5O5/c33-19-32(11-12-32)31(41)35-13-9-20(10-14-35)22-16-36(17-22)25-3-1-2-4-27(25)42-23-5-6-24-21(15-23)18-37(30(24)40)26-7-8-28(38)34-29(26)39/h5-6,15,20,22,25-27H,1-4,7-14,16-18H2,(H,34,38,39)/t25-,26?,27+/m0/s1. The molecule has 1 aromatic rings. The number of benzene rings is 1. The zero-order valence-electron chi connectivity index (χ0n) is 24.1. The van der Waals surface area contributed by atoms with Gasteiger partial charge in [-0.15, -0.1) is 0 Å². The van der Waals surface area contributed by atoms with Gasteiger partial charge < -0.3 is 14.5 Å². The Bertz CT molecular complexity index is 1340. The number of fused-ring (bicyclic) bond motifs is 1. The van der Waals surface area contributed by atoms with Gasteiger partial charge in [-0.05, 0) is 87.0 Å². The van der Waals surface area contributed by atoms with E-state index >= 15 is 0 Å². The highest BCUT2D eigenvalue weighted by molar-refractivity contribution is 6.05. The van der Waals surface area contributed by atoms with E-state index in [1.54, 1.807) is 4.90 Å². The van der Waals surface area contributed by atoms with Crippen LogP contribution in [0.2, 0.25) is 0 Å². The molecule has 3 saturated heterocycles. The van der Waals surface area contributed by atoms with Gasteiger partial charge in [0.1, 0.15) is 23.3 Å². The van der Waals surface area contributed by atoms with Crippen LogP contribution in [0.15, 0.2) is 18.2 Å². The normalized spacial score (nSPS) is 29.9.